The van der Waals surface area contributed by atoms with Crippen molar-refractivity contribution in [1.29, 1.82) is 0 Å². The Morgan fingerprint density at radius 2 is 1.83 bits per heavy atom. The van der Waals surface area contributed by atoms with Gasteiger partial charge in [-0.25, -0.2) is 4.39 Å². The minimum Gasteiger partial charge on any atom is -0.459 e. The zero-order chi connectivity index (χ0) is 20.2. The fraction of sp³-hybridized carbons (Fsp3) is 0.429. The summed E-state index contributed by atoms with van der Waals surface area (Å²) in [6.45, 7) is 3.44. The summed E-state index contributed by atoms with van der Waals surface area (Å²) in [6, 6.07) is 8.09. The molecule has 1 aromatic heterocycles. The van der Waals surface area contributed by atoms with Gasteiger partial charge in [0.2, 0.25) is 5.91 Å². The molecule has 0 radical (unpaired) electrons. The number of anilines is 2. The lowest BCUT2D eigenvalue weighted by molar-refractivity contribution is -0.121. The summed E-state index contributed by atoms with van der Waals surface area (Å²) in [5, 5.41) is 2.81. The molecule has 0 unspecified atom stereocenters. The zero-order valence-corrected chi connectivity index (χ0v) is 16.1. The highest BCUT2D eigenvalue weighted by molar-refractivity contribution is 5.94. The maximum atomic E-state index is 14.5. The predicted molar refractivity (Wildman–Crippen MR) is 105 cm³/mol. The number of furan rings is 1. The van der Waals surface area contributed by atoms with Crippen LogP contribution >= 0.6 is 0 Å². The van der Waals surface area contributed by atoms with E-state index in [4.69, 9.17) is 9.15 Å². The van der Waals surface area contributed by atoms with Gasteiger partial charge in [0.05, 0.1) is 25.2 Å². The Labute approximate surface area is 168 Å². The largest absolute Gasteiger partial charge is 0.459 e. The second-order valence-electron chi connectivity index (χ2n) is 7.30. The van der Waals surface area contributed by atoms with Crippen LogP contribution in [-0.2, 0) is 9.53 Å². The number of nitrogens with zero attached hydrogens (tertiary/aromatic N) is 2. The van der Waals surface area contributed by atoms with Crippen LogP contribution in [-0.4, -0.2) is 56.1 Å². The quantitative estimate of drug-likeness (QED) is 0.853. The van der Waals surface area contributed by atoms with Gasteiger partial charge in [-0.3, -0.25) is 9.59 Å². The van der Waals surface area contributed by atoms with Crippen molar-refractivity contribution in [2.24, 2.45) is 5.92 Å². The number of hydrogen-bond donors (Lipinski definition) is 1. The first-order chi connectivity index (χ1) is 14.1. The standard InChI is InChI=1S/C21H24FN3O4/c22-17-14-16(3-4-18(17)24-9-12-28-13-10-24)23-20(26)15-5-7-25(8-6-15)21(27)19-2-1-11-29-19/h1-4,11,14-15H,5-10,12-13H2,(H,23,26). The minimum atomic E-state index is -0.358. The van der Waals surface area contributed by atoms with E-state index in [1.807, 2.05) is 4.90 Å². The van der Waals surface area contributed by atoms with Crippen LogP contribution < -0.4 is 10.2 Å². The molecule has 1 N–H and O–H groups in total. The van der Waals surface area contributed by atoms with Gasteiger partial charge in [0.1, 0.15) is 5.82 Å². The minimum absolute atomic E-state index is 0.145. The highest BCUT2D eigenvalue weighted by Gasteiger charge is 2.29. The van der Waals surface area contributed by atoms with Crippen LogP contribution in [0.1, 0.15) is 23.4 Å². The normalized spacial score (nSPS) is 18.0. The van der Waals surface area contributed by atoms with Gasteiger partial charge in [-0.2, -0.15) is 0 Å². The number of morpholine rings is 1. The zero-order valence-electron chi connectivity index (χ0n) is 16.1. The number of carbonyl (C=O) groups is 2. The van der Waals surface area contributed by atoms with Crippen LogP contribution in [0, 0.1) is 11.7 Å². The van der Waals surface area contributed by atoms with E-state index in [-0.39, 0.29) is 23.5 Å². The molecule has 0 aliphatic carbocycles. The second kappa shape index (κ2) is 8.65. The van der Waals surface area contributed by atoms with Crippen molar-refractivity contribution in [3.05, 3.63) is 48.2 Å². The molecule has 1 aromatic carbocycles. The Morgan fingerprint density at radius 1 is 1.07 bits per heavy atom. The third-order valence-corrected chi connectivity index (χ3v) is 5.45. The summed E-state index contributed by atoms with van der Waals surface area (Å²) < 4.78 is 25.0. The van der Waals surface area contributed by atoms with Gasteiger partial charge in [-0.05, 0) is 43.2 Å². The number of benzene rings is 1. The molecular formula is C21H24FN3O4. The number of carbonyl (C=O) groups excluding carboxylic acids is 2. The Bertz CT molecular complexity index is 857. The number of hydrogen-bond acceptors (Lipinski definition) is 5. The molecule has 2 saturated heterocycles. The molecule has 2 aliphatic rings. The van der Waals surface area contributed by atoms with Crippen molar-refractivity contribution in [2.75, 3.05) is 49.6 Å². The van der Waals surface area contributed by atoms with Gasteiger partial charge in [0.25, 0.3) is 5.91 Å². The van der Waals surface area contributed by atoms with Crippen molar-refractivity contribution in [1.82, 2.24) is 4.90 Å². The average Bonchev–Trinajstić information content (AvgIpc) is 3.29. The molecule has 2 amide bonds. The van der Waals surface area contributed by atoms with E-state index in [9.17, 15) is 14.0 Å². The van der Waals surface area contributed by atoms with E-state index in [1.165, 1.54) is 12.3 Å². The predicted octanol–water partition coefficient (Wildman–Crippen LogP) is 2.75. The van der Waals surface area contributed by atoms with E-state index in [0.717, 1.165) is 0 Å². The molecule has 3 heterocycles. The van der Waals surface area contributed by atoms with Crippen LogP contribution in [0.2, 0.25) is 0 Å². The first-order valence-electron chi connectivity index (χ1n) is 9.88. The molecule has 2 fully saturated rings. The number of halogens is 1. The number of amides is 2. The number of rotatable bonds is 4. The third kappa shape index (κ3) is 4.42. The molecule has 0 bridgehead atoms. The summed E-state index contributed by atoms with van der Waals surface area (Å²) in [7, 11) is 0. The molecule has 154 valence electrons. The molecule has 0 spiro atoms. The number of nitrogens with one attached hydrogen (secondary N) is 1. The van der Waals surface area contributed by atoms with Crippen molar-refractivity contribution < 1.29 is 23.1 Å². The molecule has 0 saturated carbocycles. The van der Waals surface area contributed by atoms with E-state index >= 15 is 0 Å². The lowest BCUT2D eigenvalue weighted by atomic mass is 9.95. The first kappa shape index (κ1) is 19.4. The van der Waals surface area contributed by atoms with Crippen LogP contribution in [0.3, 0.4) is 0 Å². The summed E-state index contributed by atoms with van der Waals surface area (Å²) in [5.74, 6) is -0.562. The topological polar surface area (TPSA) is 75.0 Å². The Kier molecular flexibility index (Phi) is 5.80. The van der Waals surface area contributed by atoms with Crippen molar-refractivity contribution in [2.45, 2.75) is 12.8 Å². The summed E-state index contributed by atoms with van der Waals surface area (Å²) in [5.41, 5.74) is 0.967. The Morgan fingerprint density at radius 3 is 2.48 bits per heavy atom. The summed E-state index contributed by atoms with van der Waals surface area (Å²) >= 11 is 0. The van der Waals surface area contributed by atoms with Crippen molar-refractivity contribution in [3.8, 4) is 0 Å². The molecule has 4 rings (SSSR count). The number of piperidine rings is 1. The van der Waals surface area contributed by atoms with Crippen LogP contribution in [0.4, 0.5) is 15.8 Å². The maximum Gasteiger partial charge on any atom is 0.289 e. The van der Waals surface area contributed by atoms with E-state index < -0.39 is 0 Å². The summed E-state index contributed by atoms with van der Waals surface area (Å²) in [4.78, 5) is 28.5. The van der Waals surface area contributed by atoms with Crippen LogP contribution in [0.25, 0.3) is 0 Å². The highest BCUT2D eigenvalue weighted by atomic mass is 19.1. The molecule has 0 atom stereocenters. The SMILES string of the molecule is O=C(Nc1ccc(N2CCOCC2)c(F)c1)C1CCN(C(=O)c2ccco2)CC1. The summed E-state index contributed by atoms with van der Waals surface area (Å²) in [6.07, 6.45) is 2.59. The Balaban J connectivity index is 1.32. The van der Waals surface area contributed by atoms with Gasteiger partial charge in [-0.15, -0.1) is 0 Å². The van der Waals surface area contributed by atoms with Gasteiger partial charge in [0.15, 0.2) is 5.76 Å². The first-order valence-corrected chi connectivity index (χ1v) is 9.88. The molecular weight excluding hydrogens is 377 g/mol. The number of ether oxygens (including phenoxy) is 1. The molecule has 7 nitrogen and oxygen atoms in total. The average molecular weight is 401 g/mol. The smallest absolute Gasteiger partial charge is 0.289 e. The van der Waals surface area contributed by atoms with E-state index in [0.29, 0.717) is 69.4 Å². The monoisotopic (exact) mass is 401 g/mol. The third-order valence-electron chi connectivity index (χ3n) is 5.45. The molecule has 2 aliphatic heterocycles. The van der Waals surface area contributed by atoms with E-state index in [2.05, 4.69) is 5.32 Å². The van der Waals surface area contributed by atoms with Crippen molar-refractivity contribution in [3.63, 3.8) is 0 Å². The lowest BCUT2D eigenvalue weighted by Gasteiger charge is -2.31. The van der Waals surface area contributed by atoms with Crippen molar-refractivity contribution >= 4 is 23.2 Å². The van der Waals surface area contributed by atoms with Gasteiger partial charge < -0.3 is 24.3 Å². The van der Waals surface area contributed by atoms with Crippen LogP contribution in [0.5, 0.6) is 0 Å². The molecule has 2 aromatic rings. The fourth-order valence-electron chi connectivity index (χ4n) is 3.79. The fourth-order valence-corrected chi connectivity index (χ4v) is 3.79. The molecule has 8 heteroatoms. The second-order valence-corrected chi connectivity index (χ2v) is 7.30. The van der Waals surface area contributed by atoms with Gasteiger partial charge >= 0.3 is 0 Å². The van der Waals surface area contributed by atoms with E-state index in [1.54, 1.807) is 29.2 Å². The Hall–Kier alpha value is -2.87. The van der Waals surface area contributed by atoms with Crippen LogP contribution in [0.15, 0.2) is 41.0 Å². The van der Waals surface area contributed by atoms with Gasteiger partial charge in [-0.1, -0.05) is 0 Å². The molecule has 29 heavy (non-hydrogen) atoms. The van der Waals surface area contributed by atoms with Gasteiger partial charge in [0, 0.05) is 37.8 Å². The maximum absolute atomic E-state index is 14.5. The number of likely N-dealkylation sites (tertiary alicyclic amines) is 1. The lowest BCUT2D eigenvalue weighted by Crippen LogP contribution is -2.41. The highest BCUT2D eigenvalue weighted by Crippen LogP contribution is 2.25.